The Morgan fingerprint density at radius 2 is 2.38 bits per heavy atom. The topological polar surface area (TPSA) is 30.0 Å². The number of hydrogen-bond donors (Lipinski definition) is 0. The Kier molecular flexibility index (Phi) is 2.21. The van der Waals surface area contributed by atoms with Crippen LogP contribution in [-0.4, -0.2) is 10.8 Å². The van der Waals surface area contributed by atoms with Gasteiger partial charge in [0.25, 0.3) is 0 Å². The first-order chi connectivity index (χ1) is 6.36. The van der Waals surface area contributed by atoms with E-state index in [0.717, 1.165) is 18.4 Å². The van der Waals surface area contributed by atoms with Crippen molar-refractivity contribution in [3.8, 4) is 0 Å². The van der Waals surface area contributed by atoms with Crippen molar-refractivity contribution in [1.29, 1.82) is 0 Å². The molecule has 0 unspecified atom stereocenters. The number of carbonyl (C=O) groups excluding carboxylic acids is 1. The van der Waals surface area contributed by atoms with Gasteiger partial charge in [0.05, 0.1) is 0 Å². The van der Waals surface area contributed by atoms with Crippen LogP contribution in [0.5, 0.6) is 0 Å². The molecule has 0 aliphatic heterocycles. The van der Waals surface area contributed by atoms with Gasteiger partial charge in [-0.15, -0.1) is 0 Å². The molecular weight excluding hydrogens is 162 g/mol. The number of carbonyl (C=O) groups is 1. The van der Waals surface area contributed by atoms with Gasteiger partial charge in [-0.2, -0.15) is 0 Å². The molecule has 1 aliphatic carbocycles. The fourth-order valence-electron chi connectivity index (χ4n) is 1.16. The molecule has 2 heteroatoms. The van der Waals surface area contributed by atoms with E-state index < -0.39 is 0 Å². The smallest absolute Gasteiger partial charge is 0.158 e. The largest absolute Gasteiger partial charge is 0.295 e. The lowest BCUT2D eigenvalue weighted by atomic mass is 10.2. The van der Waals surface area contributed by atoms with E-state index in [0.29, 0.717) is 5.92 Å². The van der Waals surface area contributed by atoms with Crippen LogP contribution in [0.4, 0.5) is 0 Å². The van der Waals surface area contributed by atoms with Gasteiger partial charge in [-0.1, -0.05) is 6.07 Å². The van der Waals surface area contributed by atoms with Gasteiger partial charge in [0.15, 0.2) is 5.78 Å². The van der Waals surface area contributed by atoms with Crippen molar-refractivity contribution in [3.05, 3.63) is 36.2 Å². The van der Waals surface area contributed by atoms with E-state index in [1.165, 1.54) is 0 Å². The quantitative estimate of drug-likeness (QED) is 0.655. The number of allylic oxidation sites excluding steroid dienone is 1. The summed E-state index contributed by atoms with van der Waals surface area (Å²) in [6.07, 6.45) is 9.09. The van der Waals surface area contributed by atoms with Gasteiger partial charge in [-0.05, 0) is 36.6 Å². The summed E-state index contributed by atoms with van der Waals surface area (Å²) in [5.41, 5.74) is 0.983. The number of rotatable bonds is 3. The molecule has 2 rings (SSSR count). The first-order valence-electron chi connectivity index (χ1n) is 4.48. The molecule has 1 aromatic rings. The zero-order valence-electron chi connectivity index (χ0n) is 7.31. The van der Waals surface area contributed by atoms with E-state index in [-0.39, 0.29) is 5.78 Å². The summed E-state index contributed by atoms with van der Waals surface area (Å²) in [4.78, 5) is 15.2. The number of nitrogens with zero attached hydrogens (tertiary/aromatic N) is 1. The Balaban J connectivity index is 2.00. The van der Waals surface area contributed by atoms with E-state index in [1.54, 1.807) is 18.5 Å². The van der Waals surface area contributed by atoms with Gasteiger partial charge in [-0.25, -0.2) is 0 Å². The third-order valence-electron chi connectivity index (χ3n) is 2.10. The van der Waals surface area contributed by atoms with Crippen molar-refractivity contribution >= 4 is 11.9 Å². The summed E-state index contributed by atoms with van der Waals surface area (Å²) in [5.74, 6) is 0.566. The lowest BCUT2D eigenvalue weighted by molar-refractivity contribution is -0.115. The second-order valence-electron chi connectivity index (χ2n) is 3.30. The summed E-state index contributed by atoms with van der Waals surface area (Å²) < 4.78 is 0. The predicted molar refractivity (Wildman–Crippen MR) is 51.0 cm³/mol. The third-order valence-corrected chi connectivity index (χ3v) is 2.10. The average Bonchev–Trinajstić information content (AvgIpc) is 2.99. The first-order valence-corrected chi connectivity index (χ1v) is 4.48. The molecule has 0 N–H and O–H groups in total. The molecule has 0 amide bonds. The Hall–Kier alpha value is -1.44. The minimum Gasteiger partial charge on any atom is -0.295 e. The van der Waals surface area contributed by atoms with Crippen LogP contribution in [0, 0.1) is 5.92 Å². The van der Waals surface area contributed by atoms with Crippen LogP contribution in [0.3, 0.4) is 0 Å². The van der Waals surface area contributed by atoms with Gasteiger partial charge in [0, 0.05) is 18.3 Å². The van der Waals surface area contributed by atoms with Crippen LogP contribution in [0.25, 0.3) is 6.08 Å². The van der Waals surface area contributed by atoms with Crippen molar-refractivity contribution in [3.63, 3.8) is 0 Å². The molecule has 0 aromatic carbocycles. The van der Waals surface area contributed by atoms with Crippen molar-refractivity contribution < 1.29 is 4.79 Å². The molecule has 2 nitrogen and oxygen atoms in total. The molecule has 1 fully saturated rings. The van der Waals surface area contributed by atoms with Crippen LogP contribution in [0.2, 0.25) is 0 Å². The van der Waals surface area contributed by atoms with Gasteiger partial charge in [-0.3, -0.25) is 9.78 Å². The predicted octanol–water partition coefficient (Wildman–Crippen LogP) is 2.07. The lowest BCUT2D eigenvalue weighted by Crippen LogP contribution is -1.93. The monoisotopic (exact) mass is 173 g/mol. The Labute approximate surface area is 77.3 Å². The Bertz CT molecular complexity index is 325. The second kappa shape index (κ2) is 3.52. The van der Waals surface area contributed by atoms with Crippen molar-refractivity contribution in [1.82, 2.24) is 4.98 Å². The van der Waals surface area contributed by atoms with Gasteiger partial charge in [0.1, 0.15) is 0 Å². The third kappa shape index (κ3) is 2.25. The summed E-state index contributed by atoms with van der Waals surface area (Å²) in [5, 5.41) is 0. The Morgan fingerprint density at radius 3 is 3.00 bits per heavy atom. The van der Waals surface area contributed by atoms with Crippen LogP contribution in [0.1, 0.15) is 18.4 Å². The Morgan fingerprint density at radius 1 is 1.54 bits per heavy atom. The average molecular weight is 173 g/mol. The van der Waals surface area contributed by atoms with Crippen molar-refractivity contribution in [2.24, 2.45) is 5.92 Å². The molecule has 0 radical (unpaired) electrons. The van der Waals surface area contributed by atoms with Crippen molar-refractivity contribution in [2.75, 3.05) is 0 Å². The molecule has 1 heterocycles. The first kappa shape index (κ1) is 8.17. The standard InChI is InChI=1S/C11H11NO/c13-11(10-4-5-10)6-3-9-2-1-7-12-8-9/h1-3,6-8,10H,4-5H2. The number of pyridine rings is 1. The lowest BCUT2D eigenvalue weighted by Gasteiger charge is -1.90. The van der Waals surface area contributed by atoms with Gasteiger partial charge < -0.3 is 0 Å². The van der Waals surface area contributed by atoms with Gasteiger partial charge >= 0.3 is 0 Å². The molecule has 0 spiro atoms. The molecule has 0 bridgehead atoms. The maximum absolute atomic E-state index is 11.3. The van der Waals surface area contributed by atoms with Crippen LogP contribution >= 0.6 is 0 Å². The minimum atomic E-state index is 0.254. The SMILES string of the molecule is O=C(C=Cc1cccnc1)C1CC1. The molecule has 13 heavy (non-hydrogen) atoms. The van der Waals surface area contributed by atoms with E-state index in [1.807, 2.05) is 18.2 Å². The van der Waals surface area contributed by atoms with Crippen LogP contribution < -0.4 is 0 Å². The van der Waals surface area contributed by atoms with E-state index in [9.17, 15) is 4.79 Å². The zero-order chi connectivity index (χ0) is 9.10. The highest BCUT2D eigenvalue weighted by Crippen LogP contribution is 2.30. The summed E-state index contributed by atoms with van der Waals surface area (Å²) in [6.45, 7) is 0. The highest BCUT2D eigenvalue weighted by atomic mass is 16.1. The normalized spacial score (nSPS) is 16.3. The molecule has 1 saturated carbocycles. The maximum atomic E-state index is 11.3. The number of ketones is 1. The van der Waals surface area contributed by atoms with E-state index in [4.69, 9.17) is 0 Å². The van der Waals surface area contributed by atoms with E-state index >= 15 is 0 Å². The fraction of sp³-hybridized carbons (Fsp3) is 0.273. The number of hydrogen-bond acceptors (Lipinski definition) is 2. The molecule has 1 aliphatic rings. The van der Waals surface area contributed by atoms with E-state index in [2.05, 4.69) is 4.98 Å². The fourth-order valence-corrected chi connectivity index (χ4v) is 1.16. The van der Waals surface area contributed by atoms with Crippen LogP contribution in [-0.2, 0) is 4.79 Å². The zero-order valence-corrected chi connectivity index (χ0v) is 7.31. The summed E-state index contributed by atoms with van der Waals surface area (Å²) in [7, 11) is 0. The number of aromatic nitrogens is 1. The van der Waals surface area contributed by atoms with Crippen molar-refractivity contribution in [2.45, 2.75) is 12.8 Å². The molecule has 0 atom stereocenters. The maximum Gasteiger partial charge on any atom is 0.158 e. The molecule has 1 aromatic heterocycles. The second-order valence-corrected chi connectivity index (χ2v) is 3.30. The minimum absolute atomic E-state index is 0.254. The van der Waals surface area contributed by atoms with Gasteiger partial charge in [0.2, 0.25) is 0 Å². The highest BCUT2D eigenvalue weighted by molar-refractivity contribution is 5.96. The molecule has 66 valence electrons. The van der Waals surface area contributed by atoms with Crippen LogP contribution in [0.15, 0.2) is 30.6 Å². The summed E-state index contributed by atoms with van der Waals surface area (Å²) in [6, 6.07) is 3.80. The highest BCUT2D eigenvalue weighted by Gasteiger charge is 2.27. The molecular formula is C11H11NO. The molecule has 0 saturated heterocycles. The summed E-state index contributed by atoms with van der Waals surface area (Å²) >= 11 is 0.